The molecule has 3 nitrogen and oxygen atoms in total. The maximum Gasteiger partial charge on any atom is 0.143 e. The summed E-state index contributed by atoms with van der Waals surface area (Å²) in [6, 6.07) is 6.36. The van der Waals surface area contributed by atoms with Crippen molar-refractivity contribution in [2.75, 3.05) is 14.2 Å². The number of nitrogens with one attached hydrogen (secondary N) is 2. The number of methoxy groups -OCH3 is 1. The van der Waals surface area contributed by atoms with Crippen molar-refractivity contribution in [3.8, 4) is 5.75 Å². The summed E-state index contributed by atoms with van der Waals surface area (Å²) in [7, 11) is 3.64. The fourth-order valence-corrected chi connectivity index (χ4v) is 1.86. The Bertz CT molecular complexity index is 474. The number of hydrogen-bond donors (Lipinski definition) is 2. The van der Waals surface area contributed by atoms with Gasteiger partial charge in [-0.3, -0.25) is 0 Å². The highest BCUT2D eigenvalue weighted by atomic mass is 16.5. The molecule has 0 aliphatic rings. The summed E-state index contributed by atoms with van der Waals surface area (Å²) in [5.74, 6) is 0.910. The van der Waals surface area contributed by atoms with E-state index in [-0.39, 0.29) is 0 Å². The van der Waals surface area contributed by atoms with Gasteiger partial charge in [-0.25, -0.2) is 0 Å². The average molecular weight is 204 g/mol. The molecule has 15 heavy (non-hydrogen) atoms. The van der Waals surface area contributed by atoms with Crippen LogP contribution in [0.25, 0.3) is 10.9 Å². The molecule has 2 N–H and O–H groups in total. The molecule has 2 rings (SSSR count). The molecule has 1 heterocycles. The number of aromatic nitrogens is 1. The predicted molar refractivity (Wildman–Crippen MR) is 62.4 cm³/mol. The Morgan fingerprint density at radius 2 is 2.13 bits per heavy atom. The van der Waals surface area contributed by atoms with Crippen molar-refractivity contribution in [2.45, 2.75) is 13.5 Å². The number of fused-ring (bicyclic) bond motifs is 1. The van der Waals surface area contributed by atoms with Crippen LogP contribution in [0.5, 0.6) is 5.75 Å². The van der Waals surface area contributed by atoms with E-state index in [9.17, 15) is 0 Å². The highest BCUT2D eigenvalue weighted by Crippen LogP contribution is 2.27. The Morgan fingerprint density at radius 1 is 1.33 bits per heavy atom. The Balaban J connectivity index is 2.58. The van der Waals surface area contributed by atoms with E-state index in [1.165, 1.54) is 16.6 Å². The molecule has 3 heteroatoms. The summed E-state index contributed by atoms with van der Waals surface area (Å²) in [4.78, 5) is 3.36. The Hall–Kier alpha value is -1.48. The molecule has 0 aliphatic carbocycles. The Kier molecular flexibility index (Phi) is 2.64. The number of rotatable bonds is 3. The smallest absolute Gasteiger partial charge is 0.143 e. The molecule has 0 saturated heterocycles. The first-order chi connectivity index (χ1) is 7.24. The maximum absolute atomic E-state index is 5.35. The van der Waals surface area contributed by atoms with Gasteiger partial charge in [-0.05, 0) is 37.7 Å². The molecule has 0 atom stereocenters. The first-order valence-corrected chi connectivity index (χ1v) is 5.05. The molecular formula is C12H16N2O. The lowest BCUT2D eigenvalue weighted by Crippen LogP contribution is -2.04. The van der Waals surface area contributed by atoms with Crippen LogP contribution >= 0.6 is 0 Å². The lowest BCUT2D eigenvalue weighted by molar-refractivity contribution is 0.418. The van der Waals surface area contributed by atoms with Crippen molar-refractivity contribution in [1.82, 2.24) is 10.3 Å². The van der Waals surface area contributed by atoms with Crippen LogP contribution in [0.4, 0.5) is 0 Å². The van der Waals surface area contributed by atoms with Crippen LogP contribution in [0.15, 0.2) is 18.2 Å². The molecule has 0 aliphatic heterocycles. The summed E-state index contributed by atoms with van der Waals surface area (Å²) < 4.78 is 5.35. The van der Waals surface area contributed by atoms with Crippen LogP contribution in [0.3, 0.4) is 0 Å². The van der Waals surface area contributed by atoms with Gasteiger partial charge in [0.25, 0.3) is 0 Å². The summed E-state index contributed by atoms with van der Waals surface area (Å²) in [5, 5.41) is 4.33. The van der Waals surface area contributed by atoms with E-state index in [0.29, 0.717) is 0 Å². The quantitative estimate of drug-likeness (QED) is 0.804. The second-order valence-electron chi connectivity index (χ2n) is 3.76. The summed E-state index contributed by atoms with van der Waals surface area (Å²) in [5.41, 5.74) is 3.47. The van der Waals surface area contributed by atoms with Crippen molar-refractivity contribution in [1.29, 1.82) is 0 Å². The first kappa shape index (κ1) is 10.1. The minimum absolute atomic E-state index is 0.844. The lowest BCUT2D eigenvalue weighted by atomic mass is 10.1. The van der Waals surface area contributed by atoms with Gasteiger partial charge in [0.2, 0.25) is 0 Å². The number of aryl methyl sites for hydroxylation is 1. The van der Waals surface area contributed by atoms with Crippen molar-refractivity contribution in [3.05, 3.63) is 29.5 Å². The van der Waals surface area contributed by atoms with E-state index in [4.69, 9.17) is 4.74 Å². The number of hydrogen-bond acceptors (Lipinski definition) is 2. The van der Waals surface area contributed by atoms with E-state index in [2.05, 4.69) is 29.4 Å². The van der Waals surface area contributed by atoms with Gasteiger partial charge in [0.1, 0.15) is 5.75 Å². The number of H-pyrrole nitrogens is 1. The maximum atomic E-state index is 5.35. The monoisotopic (exact) mass is 204 g/mol. The highest BCUT2D eigenvalue weighted by molar-refractivity contribution is 5.86. The topological polar surface area (TPSA) is 37.0 Å². The minimum atomic E-state index is 0.844. The molecular weight excluding hydrogens is 188 g/mol. The van der Waals surface area contributed by atoms with Gasteiger partial charge in [0.05, 0.1) is 12.6 Å². The Morgan fingerprint density at radius 3 is 2.80 bits per heavy atom. The third-order valence-electron chi connectivity index (χ3n) is 2.48. The van der Waals surface area contributed by atoms with Gasteiger partial charge < -0.3 is 15.0 Å². The zero-order valence-corrected chi connectivity index (χ0v) is 9.35. The normalized spacial score (nSPS) is 10.9. The molecule has 80 valence electrons. The van der Waals surface area contributed by atoms with Crippen LogP contribution < -0.4 is 10.1 Å². The van der Waals surface area contributed by atoms with Crippen LogP contribution in [-0.2, 0) is 6.54 Å². The predicted octanol–water partition coefficient (Wildman–Crippen LogP) is 2.20. The second-order valence-corrected chi connectivity index (χ2v) is 3.76. The molecule has 2 aromatic rings. The van der Waals surface area contributed by atoms with Crippen molar-refractivity contribution in [2.24, 2.45) is 0 Å². The number of ether oxygens (including phenoxy) is 1. The summed E-state index contributed by atoms with van der Waals surface area (Å²) in [6.07, 6.45) is 0. The largest absolute Gasteiger partial charge is 0.495 e. The van der Waals surface area contributed by atoms with Crippen molar-refractivity contribution < 1.29 is 4.74 Å². The fraction of sp³-hybridized carbons (Fsp3) is 0.333. The number of aromatic amines is 1. The zero-order valence-electron chi connectivity index (χ0n) is 9.35. The highest BCUT2D eigenvalue weighted by Gasteiger charge is 2.06. The SMILES string of the molecule is CNCc1cc2cc(C)cc(OC)c2[nH]1. The first-order valence-electron chi connectivity index (χ1n) is 5.05. The van der Waals surface area contributed by atoms with Crippen LogP contribution in [0.2, 0.25) is 0 Å². The van der Waals surface area contributed by atoms with Gasteiger partial charge in [-0.15, -0.1) is 0 Å². The third-order valence-corrected chi connectivity index (χ3v) is 2.48. The van der Waals surface area contributed by atoms with E-state index >= 15 is 0 Å². The van der Waals surface area contributed by atoms with Crippen LogP contribution in [0, 0.1) is 6.92 Å². The molecule has 1 aromatic carbocycles. The van der Waals surface area contributed by atoms with Gasteiger partial charge >= 0.3 is 0 Å². The zero-order chi connectivity index (χ0) is 10.8. The molecule has 0 fully saturated rings. The molecule has 1 aromatic heterocycles. The van der Waals surface area contributed by atoms with E-state index in [1.807, 2.05) is 13.1 Å². The van der Waals surface area contributed by atoms with Gasteiger partial charge in [-0.2, -0.15) is 0 Å². The molecule has 0 saturated carbocycles. The van der Waals surface area contributed by atoms with Gasteiger partial charge in [-0.1, -0.05) is 0 Å². The summed E-state index contributed by atoms with van der Waals surface area (Å²) in [6.45, 7) is 2.92. The van der Waals surface area contributed by atoms with E-state index in [1.54, 1.807) is 7.11 Å². The second kappa shape index (κ2) is 3.95. The molecule has 0 amide bonds. The van der Waals surface area contributed by atoms with Gasteiger partial charge in [0, 0.05) is 17.6 Å². The molecule has 0 spiro atoms. The van der Waals surface area contributed by atoms with Crippen molar-refractivity contribution in [3.63, 3.8) is 0 Å². The van der Waals surface area contributed by atoms with E-state index < -0.39 is 0 Å². The standard InChI is InChI=1S/C12H16N2O/c1-8-4-9-6-10(7-13-2)14-12(9)11(5-8)15-3/h4-6,13-14H,7H2,1-3H3. The molecule has 0 radical (unpaired) electrons. The van der Waals surface area contributed by atoms with Gasteiger partial charge in [0.15, 0.2) is 0 Å². The Labute approximate surface area is 89.4 Å². The fourth-order valence-electron chi connectivity index (χ4n) is 1.86. The van der Waals surface area contributed by atoms with Crippen LogP contribution in [-0.4, -0.2) is 19.1 Å². The lowest BCUT2D eigenvalue weighted by Gasteiger charge is -2.02. The molecule has 0 bridgehead atoms. The average Bonchev–Trinajstić information content (AvgIpc) is 2.59. The minimum Gasteiger partial charge on any atom is -0.495 e. The molecule has 0 unspecified atom stereocenters. The third kappa shape index (κ3) is 1.83. The number of benzene rings is 1. The van der Waals surface area contributed by atoms with Crippen molar-refractivity contribution >= 4 is 10.9 Å². The van der Waals surface area contributed by atoms with Crippen LogP contribution in [0.1, 0.15) is 11.3 Å². The van der Waals surface area contributed by atoms with E-state index in [0.717, 1.165) is 17.8 Å². The summed E-state index contributed by atoms with van der Waals surface area (Å²) >= 11 is 0.